The molecule has 0 aromatic heterocycles. The summed E-state index contributed by atoms with van der Waals surface area (Å²) in [6, 6.07) is 0. The highest BCUT2D eigenvalue weighted by atomic mass is 19.1. The summed E-state index contributed by atoms with van der Waals surface area (Å²) in [4.78, 5) is 15.7. The molecular formula is C17H31FN2O3. The summed E-state index contributed by atoms with van der Waals surface area (Å²) in [6.45, 7) is 9.44. The molecule has 1 amide bonds. The summed E-state index contributed by atoms with van der Waals surface area (Å²) < 4.78 is 26.0. The molecule has 0 N–H and O–H groups in total. The first kappa shape index (κ1) is 18.5. The number of halogens is 1. The van der Waals surface area contributed by atoms with Gasteiger partial charge in [-0.25, -0.2) is 9.18 Å². The first-order valence-electron chi connectivity index (χ1n) is 8.90. The van der Waals surface area contributed by atoms with Gasteiger partial charge in [-0.05, 0) is 20.3 Å². The van der Waals surface area contributed by atoms with E-state index in [0.717, 1.165) is 25.9 Å². The minimum absolute atomic E-state index is 0.149. The van der Waals surface area contributed by atoms with Gasteiger partial charge in [0.2, 0.25) is 0 Å². The van der Waals surface area contributed by atoms with E-state index in [-0.39, 0.29) is 18.3 Å². The number of hydrogen-bond donors (Lipinski definition) is 0. The number of unbranched alkanes of at least 4 members (excludes halogenated alkanes) is 1. The Kier molecular flexibility index (Phi) is 6.65. The summed E-state index contributed by atoms with van der Waals surface area (Å²) in [7, 11) is 0. The van der Waals surface area contributed by atoms with Crippen molar-refractivity contribution in [1.82, 2.24) is 9.80 Å². The molecule has 2 fully saturated rings. The van der Waals surface area contributed by atoms with Crippen LogP contribution in [0.15, 0.2) is 0 Å². The van der Waals surface area contributed by atoms with Crippen molar-refractivity contribution >= 4 is 6.09 Å². The van der Waals surface area contributed by atoms with E-state index in [0.29, 0.717) is 39.1 Å². The van der Waals surface area contributed by atoms with E-state index in [1.54, 1.807) is 4.90 Å². The highest BCUT2D eigenvalue weighted by Gasteiger charge is 2.39. The highest BCUT2D eigenvalue weighted by Crippen LogP contribution is 2.29. The van der Waals surface area contributed by atoms with Gasteiger partial charge in [0.05, 0.1) is 18.8 Å². The second-order valence-corrected chi connectivity index (χ2v) is 7.06. The van der Waals surface area contributed by atoms with Crippen molar-refractivity contribution in [2.45, 2.75) is 64.3 Å². The Morgan fingerprint density at radius 2 is 1.87 bits per heavy atom. The average Bonchev–Trinajstić information content (AvgIpc) is 2.46. The lowest BCUT2D eigenvalue weighted by Crippen LogP contribution is -2.54. The van der Waals surface area contributed by atoms with Crippen molar-refractivity contribution in [1.29, 1.82) is 0 Å². The Morgan fingerprint density at radius 1 is 1.26 bits per heavy atom. The number of carbonyl (C=O) groups excluding carboxylic acids is 1. The van der Waals surface area contributed by atoms with Crippen molar-refractivity contribution in [3.8, 4) is 0 Å². The zero-order valence-corrected chi connectivity index (χ0v) is 14.7. The molecule has 23 heavy (non-hydrogen) atoms. The van der Waals surface area contributed by atoms with E-state index in [1.807, 2.05) is 13.8 Å². The molecule has 0 aliphatic carbocycles. The summed E-state index contributed by atoms with van der Waals surface area (Å²) in [5.41, 5.74) is -1.21. The summed E-state index contributed by atoms with van der Waals surface area (Å²) in [6.07, 6.45) is 2.64. The van der Waals surface area contributed by atoms with Gasteiger partial charge in [-0.15, -0.1) is 0 Å². The van der Waals surface area contributed by atoms with Crippen LogP contribution < -0.4 is 0 Å². The van der Waals surface area contributed by atoms with Crippen LogP contribution >= 0.6 is 0 Å². The van der Waals surface area contributed by atoms with Crippen molar-refractivity contribution < 1.29 is 18.7 Å². The molecule has 0 radical (unpaired) electrons. The number of hydrogen-bond acceptors (Lipinski definition) is 4. The number of carbonyl (C=O) groups is 1. The van der Waals surface area contributed by atoms with Gasteiger partial charge in [-0.1, -0.05) is 13.3 Å². The zero-order chi connectivity index (χ0) is 16.9. The average molecular weight is 330 g/mol. The monoisotopic (exact) mass is 330 g/mol. The minimum atomic E-state index is -1.21. The van der Waals surface area contributed by atoms with Crippen LogP contribution in [0.1, 0.15) is 46.5 Å². The maximum absolute atomic E-state index is 15.1. The lowest BCUT2D eigenvalue weighted by Gasteiger charge is -2.42. The summed E-state index contributed by atoms with van der Waals surface area (Å²) in [5.74, 6) is 0. The molecule has 2 aliphatic rings. The van der Waals surface area contributed by atoms with Crippen molar-refractivity contribution in [3.63, 3.8) is 0 Å². The molecule has 0 unspecified atom stereocenters. The molecule has 0 saturated carbocycles. The number of morpholine rings is 1. The Hall–Kier alpha value is -0.880. The molecule has 2 aliphatic heterocycles. The van der Waals surface area contributed by atoms with Crippen molar-refractivity contribution in [3.05, 3.63) is 0 Å². The van der Waals surface area contributed by atoms with Crippen LogP contribution in [0.3, 0.4) is 0 Å². The Labute approximate surface area is 139 Å². The van der Waals surface area contributed by atoms with Gasteiger partial charge in [0.1, 0.15) is 5.67 Å². The van der Waals surface area contributed by atoms with Gasteiger partial charge >= 0.3 is 6.09 Å². The smallest absolute Gasteiger partial charge is 0.409 e. The third-order valence-electron chi connectivity index (χ3n) is 4.64. The SMILES string of the molecule is CCCCOC(=O)N1CCC(F)(CN2C[C@@H](C)O[C@@H](C)C2)CC1. The molecule has 2 rings (SSSR count). The number of amides is 1. The molecule has 2 atom stereocenters. The Morgan fingerprint density at radius 3 is 2.43 bits per heavy atom. The number of nitrogens with zero attached hydrogens (tertiary/aromatic N) is 2. The molecule has 2 saturated heterocycles. The normalized spacial score (nSPS) is 28.6. The number of rotatable bonds is 5. The molecule has 0 aromatic rings. The Balaban J connectivity index is 1.76. The van der Waals surface area contributed by atoms with Gasteiger partial charge < -0.3 is 14.4 Å². The van der Waals surface area contributed by atoms with E-state index in [2.05, 4.69) is 11.8 Å². The minimum Gasteiger partial charge on any atom is -0.449 e. The van der Waals surface area contributed by atoms with E-state index in [4.69, 9.17) is 9.47 Å². The van der Waals surface area contributed by atoms with Gasteiger partial charge in [0.15, 0.2) is 0 Å². The third-order valence-corrected chi connectivity index (χ3v) is 4.64. The van der Waals surface area contributed by atoms with Crippen LogP contribution in [0.5, 0.6) is 0 Å². The standard InChI is InChI=1S/C17H31FN2O3/c1-4-5-10-22-16(21)20-8-6-17(18,7-9-20)13-19-11-14(2)23-15(3)12-19/h14-15H,4-13H2,1-3H3/t14-,15+. The second kappa shape index (κ2) is 8.29. The topological polar surface area (TPSA) is 42.0 Å². The Bertz CT molecular complexity index is 376. The summed E-state index contributed by atoms with van der Waals surface area (Å²) >= 11 is 0. The molecule has 0 spiro atoms. The molecule has 0 aromatic carbocycles. The van der Waals surface area contributed by atoms with Gasteiger partial charge in [-0.3, -0.25) is 4.90 Å². The van der Waals surface area contributed by atoms with Crippen LogP contribution in [0.2, 0.25) is 0 Å². The summed E-state index contributed by atoms with van der Waals surface area (Å²) in [5, 5.41) is 0. The maximum atomic E-state index is 15.1. The second-order valence-electron chi connectivity index (χ2n) is 7.06. The quantitative estimate of drug-likeness (QED) is 0.727. The first-order valence-corrected chi connectivity index (χ1v) is 8.90. The van der Waals surface area contributed by atoms with Gasteiger partial charge in [-0.2, -0.15) is 0 Å². The van der Waals surface area contributed by atoms with Gasteiger partial charge in [0, 0.05) is 45.6 Å². The predicted molar refractivity (Wildman–Crippen MR) is 87.4 cm³/mol. The highest BCUT2D eigenvalue weighted by molar-refractivity contribution is 5.67. The van der Waals surface area contributed by atoms with E-state index in [1.165, 1.54) is 0 Å². The number of likely N-dealkylation sites (tertiary alicyclic amines) is 1. The molecule has 5 nitrogen and oxygen atoms in total. The lowest BCUT2D eigenvalue weighted by molar-refractivity contribution is -0.0855. The molecule has 0 bridgehead atoms. The third kappa shape index (κ3) is 5.60. The van der Waals surface area contributed by atoms with Crippen LogP contribution in [0, 0.1) is 0 Å². The number of ether oxygens (including phenoxy) is 2. The van der Waals surface area contributed by atoms with Crippen LogP contribution in [-0.2, 0) is 9.47 Å². The first-order chi connectivity index (χ1) is 10.9. The van der Waals surface area contributed by atoms with E-state index >= 15 is 4.39 Å². The maximum Gasteiger partial charge on any atom is 0.409 e. The van der Waals surface area contributed by atoms with Crippen LogP contribution in [-0.4, -0.2) is 73.1 Å². The van der Waals surface area contributed by atoms with Crippen molar-refractivity contribution in [2.75, 3.05) is 39.3 Å². The molecule has 134 valence electrons. The number of piperidine rings is 1. The number of alkyl halides is 1. The lowest BCUT2D eigenvalue weighted by atomic mass is 9.92. The molecule has 6 heteroatoms. The van der Waals surface area contributed by atoms with Crippen molar-refractivity contribution in [2.24, 2.45) is 0 Å². The predicted octanol–water partition coefficient (Wildman–Crippen LogP) is 2.84. The zero-order valence-electron chi connectivity index (χ0n) is 14.7. The van der Waals surface area contributed by atoms with Gasteiger partial charge in [0.25, 0.3) is 0 Å². The fraction of sp³-hybridized carbons (Fsp3) is 0.941. The largest absolute Gasteiger partial charge is 0.449 e. The van der Waals surface area contributed by atoms with Crippen LogP contribution in [0.25, 0.3) is 0 Å². The molecular weight excluding hydrogens is 299 g/mol. The molecule has 2 heterocycles. The van der Waals surface area contributed by atoms with Crippen LogP contribution in [0.4, 0.5) is 9.18 Å². The van der Waals surface area contributed by atoms with E-state index < -0.39 is 5.67 Å². The fourth-order valence-electron chi connectivity index (χ4n) is 3.46. The van der Waals surface area contributed by atoms with E-state index in [9.17, 15) is 4.79 Å². The fourth-order valence-corrected chi connectivity index (χ4v) is 3.46.